The fraction of sp³-hybridized carbons (Fsp3) is 0.214. The fourth-order valence-electron chi connectivity index (χ4n) is 1.36. The second-order valence-corrected chi connectivity index (χ2v) is 5.43. The zero-order valence-electron chi connectivity index (χ0n) is 11.4. The van der Waals surface area contributed by atoms with Crippen LogP contribution in [0.2, 0.25) is 0 Å². The Morgan fingerprint density at radius 1 is 1.43 bits per heavy atom. The SMILES string of the molecule is CC(C)C(=O)Nc1nc(C#N)c(Oc2ccc(F)cc2)s1. The van der Waals surface area contributed by atoms with E-state index in [9.17, 15) is 9.18 Å². The number of hydrogen-bond donors (Lipinski definition) is 1. The monoisotopic (exact) mass is 305 g/mol. The third kappa shape index (κ3) is 3.77. The van der Waals surface area contributed by atoms with Gasteiger partial charge >= 0.3 is 0 Å². The van der Waals surface area contributed by atoms with E-state index >= 15 is 0 Å². The van der Waals surface area contributed by atoms with Gasteiger partial charge in [-0.15, -0.1) is 0 Å². The first-order valence-corrected chi connectivity index (χ1v) is 6.96. The average molecular weight is 305 g/mol. The number of aromatic nitrogens is 1. The van der Waals surface area contributed by atoms with E-state index < -0.39 is 0 Å². The number of nitrogens with one attached hydrogen (secondary N) is 1. The van der Waals surface area contributed by atoms with Crippen LogP contribution in [0.4, 0.5) is 9.52 Å². The zero-order chi connectivity index (χ0) is 15.4. The average Bonchev–Trinajstić information content (AvgIpc) is 2.83. The third-order valence-electron chi connectivity index (χ3n) is 2.48. The number of amides is 1. The first kappa shape index (κ1) is 14.9. The molecule has 108 valence electrons. The van der Waals surface area contributed by atoms with Crippen molar-refractivity contribution in [1.29, 1.82) is 5.26 Å². The van der Waals surface area contributed by atoms with Gasteiger partial charge in [-0.1, -0.05) is 25.2 Å². The van der Waals surface area contributed by atoms with E-state index in [1.54, 1.807) is 13.8 Å². The Balaban J connectivity index is 2.19. The van der Waals surface area contributed by atoms with Crippen LogP contribution in [0.1, 0.15) is 19.5 Å². The smallest absolute Gasteiger partial charge is 0.228 e. The van der Waals surface area contributed by atoms with E-state index in [0.717, 1.165) is 11.3 Å². The molecular weight excluding hydrogens is 293 g/mol. The maximum Gasteiger partial charge on any atom is 0.228 e. The molecule has 1 aromatic heterocycles. The topological polar surface area (TPSA) is 75.0 Å². The minimum absolute atomic E-state index is 0.0726. The van der Waals surface area contributed by atoms with Gasteiger partial charge in [-0.3, -0.25) is 4.79 Å². The number of nitriles is 1. The number of carbonyl (C=O) groups excluding carboxylic acids is 1. The Hall–Kier alpha value is -2.46. The number of nitrogens with zero attached hydrogens (tertiary/aromatic N) is 2. The summed E-state index contributed by atoms with van der Waals surface area (Å²) in [5.41, 5.74) is 0.0726. The van der Waals surface area contributed by atoms with Gasteiger partial charge in [0.1, 0.15) is 17.6 Å². The van der Waals surface area contributed by atoms with Crippen molar-refractivity contribution in [3.05, 3.63) is 35.8 Å². The molecule has 0 unspecified atom stereocenters. The normalized spacial score (nSPS) is 10.2. The van der Waals surface area contributed by atoms with Crippen LogP contribution in [-0.4, -0.2) is 10.9 Å². The van der Waals surface area contributed by atoms with E-state index in [0.29, 0.717) is 10.9 Å². The molecule has 0 fully saturated rings. The maximum absolute atomic E-state index is 12.8. The molecule has 21 heavy (non-hydrogen) atoms. The molecule has 0 saturated carbocycles. The number of carbonyl (C=O) groups is 1. The van der Waals surface area contributed by atoms with E-state index in [1.807, 2.05) is 6.07 Å². The molecule has 2 rings (SSSR count). The van der Waals surface area contributed by atoms with Gasteiger partial charge < -0.3 is 10.1 Å². The lowest BCUT2D eigenvalue weighted by atomic mass is 10.2. The molecular formula is C14H12FN3O2S. The van der Waals surface area contributed by atoms with Crippen molar-refractivity contribution < 1.29 is 13.9 Å². The predicted octanol–water partition coefficient (Wildman–Crippen LogP) is 3.54. The minimum atomic E-state index is -0.378. The Labute approximate surface area is 125 Å². The molecule has 1 aromatic carbocycles. The van der Waals surface area contributed by atoms with Gasteiger partial charge in [0.15, 0.2) is 10.8 Å². The van der Waals surface area contributed by atoms with Gasteiger partial charge in [0, 0.05) is 5.92 Å². The van der Waals surface area contributed by atoms with Crippen LogP contribution in [0.25, 0.3) is 0 Å². The summed E-state index contributed by atoms with van der Waals surface area (Å²) in [6, 6.07) is 7.30. The van der Waals surface area contributed by atoms with E-state index in [1.165, 1.54) is 24.3 Å². The third-order valence-corrected chi connectivity index (χ3v) is 3.33. The summed E-state index contributed by atoms with van der Waals surface area (Å²) in [6.07, 6.45) is 0. The molecule has 5 nitrogen and oxygen atoms in total. The lowest BCUT2D eigenvalue weighted by Crippen LogP contribution is -2.17. The van der Waals surface area contributed by atoms with Gasteiger partial charge in [-0.25, -0.2) is 9.37 Å². The molecule has 1 heterocycles. The summed E-state index contributed by atoms with van der Waals surface area (Å²) in [5.74, 6) is -0.377. The molecule has 0 aliphatic carbocycles. The van der Waals surface area contributed by atoms with Crippen molar-refractivity contribution in [2.45, 2.75) is 13.8 Å². The zero-order valence-corrected chi connectivity index (χ0v) is 12.2. The number of rotatable bonds is 4. The van der Waals surface area contributed by atoms with Crippen LogP contribution in [-0.2, 0) is 4.79 Å². The van der Waals surface area contributed by atoms with E-state index in [-0.39, 0.29) is 28.4 Å². The van der Waals surface area contributed by atoms with Gasteiger partial charge in [-0.2, -0.15) is 5.26 Å². The van der Waals surface area contributed by atoms with Gasteiger partial charge in [0.05, 0.1) is 0 Å². The van der Waals surface area contributed by atoms with Crippen LogP contribution in [0.5, 0.6) is 10.8 Å². The molecule has 1 N–H and O–H groups in total. The summed E-state index contributed by atoms with van der Waals surface area (Å²) in [7, 11) is 0. The Bertz CT molecular complexity index is 689. The van der Waals surface area contributed by atoms with Crippen molar-refractivity contribution in [2.24, 2.45) is 5.92 Å². The molecule has 7 heteroatoms. The number of thiazole rings is 1. The molecule has 0 aliphatic heterocycles. The second kappa shape index (κ2) is 6.33. The van der Waals surface area contributed by atoms with Crippen LogP contribution < -0.4 is 10.1 Å². The van der Waals surface area contributed by atoms with Crippen molar-refractivity contribution in [1.82, 2.24) is 4.98 Å². The highest BCUT2D eigenvalue weighted by Gasteiger charge is 2.16. The molecule has 2 aromatic rings. The van der Waals surface area contributed by atoms with Crippen molar-refractivity contribution in [3.8, 4) is 16.9 Å². The summed E-state index contributed by atoms with van der Waals surface area (Å²) in [4.78, 5) is 15.6. The highest BCUT2D eigenvalue weighted by molar-refractivity contribution is 7.17. The number of benzene rings is 1. The molecule has 0 aliphatic rings. The van der Waals surface area contributed by atoms with Crippen LogP contribution in [0.15, 0.2) is 24.3 Å². The van der Waals surface area contributed by atoms with Crippen LogP contribution >= 0.6 is 11.3 Å². The second-order valence-electron chi connectivity index (χ2n) is 4.47. The van der Waals surface area contributed by atoms with Gasteiger partial charge in [0.2, 0.25) is 11.0 Å². The molecule has 0 spiro atoms. The summed E-state index contributed by atoms with van der Waals surface area (Å²) >= 11 is 1.05. The standard InChI is InChI=1S/C14H12FN3O2S/c1-8(2)12(19)18-14-17-11(7-16)13(21-14)20-10-5-3-9(15)4-6-10/h3-6,8H,1-2H3,(H,17,18,19). The first-order valence-electron chi connectivity index (χ1n) is 6.15. The number of halogens is 1. The predicted molar refractivity (Wildman–Crippen MR) is 76.8 cm³/mol. The van der Waals surface area contributed by atoms with Crippen LogP contribution in [0, 0.1) is 23.1 Å². The Morgan fingerprint density at radius 3 is 2.67 bits per heavy atom. The first-order chi connectivity index (χ1) is 9.99. The largest absolute Gasteiger partial charge is 0.443 e. The van der Waals surface area contributed by atoms with Crippen molar-refractivity contribution >= 4 is 22.4 Å². The highest BCUT2D eigenvalue weighted by Crippen LogP contribution is 2.34. The fourth-order valence-corrected chi connectivity index (χ4v) is 2.15. The summed E-state index contributed by atoms with van der Waals surface area (Å²) in [5, 5.41) is 12.2. The molecule has 0 saturated heterocycles. The minimum Gasteiger partial charge on any atom is -0.443 e. The number of hydrogen-bond acceptors (Lipinski definition) is 5. The van der Waals surface area contributed by atoms with Crippen LogP contribution in [0.3, 0.4) is 0 Å². The number of anilines is 1. The summed E-state index contributed by atoms with van der Waals surface area (Å²) < 4.78 is 18.3. The van der Waals surface area contributed by atoms with E-state index in [2.05, 4.69) is 10.3 Å². The number of ether oxygens (including phenoxy) is 1. The Kier molecular flexibility index (Phi) is 4.50. The van der Waals surface area contributed by atoms with Gasteiger partial charge in [-0.05, 0) is 24.3 Å². The maximum atomic E-state index is 12.8. The summed E-state index contributed by atoms with van der Waals surface area (Å²) in [6.45, 7) is 3.51. The molecule has 0 bridgehead atoms. The quantitative estimate of drug-likeness (QED) is 0.937. The lowest BCUT2D eigenvalue weighted by Gasteiger charge is -2.03. The lowest BCUT2D eigenvalue weighted by molar-refractivity contribution is -0.118. The molecule has 0 atom stereocenters. The van der Waals surface area contributed by atoms with Crippen molar-refractivity contribution in [3.63, 3.8) is 0 Å². The molecule has 0 radical (unpaired) electrons. The highest BCUT2D eigenvalue weighted by atomic mass is 32.1. The Morgan fingerprint density at radius 2 is 2.10 bits per heavy atom. The molecule has 1 amide bonds. The van der Waals surface area contributed by atoms with E-state index in [4.69, 9.17) is 10.00 Å². The van der Waals surface area contributed by atoms with Gasteiger partial charge in [0.25, 0.3) is 0 Å². The van der Waals surface area contributed by atoms with Crippen molar-refractivity contribution in [2.75, 3.05) is 5.32 Å².